The van der Waals surface area contributed by atoms with E-state index in [0.717, 1.165) is 40.0 Å². The molecule has 3 heterocycles. The Kier molecular flexibility index (Phi) is 8.89. The van der Waals surface area contributed by atoms with Crippen LogP contribution in [0.25, 0.3) is 5.65 Å². The number of alkyl halides is 3. The van der Waals surface area contributed by atoms with Gasteiger partial charge in [0.05, 0.1) is 10.7 Å². The summed E-state index contributed by atoms with van der Waals surface area (Å²) in [5.74, 6) is 0.625. The van der Waals surface area contributed by atoms with Crippen molar-refractivity contribution in [3.05, 3.63) is 51.9 Å². The number of thiazole rings is 1. The second kappa shape index (κ2) is 10.9. The van der Waals surface area contributed by atoms with Gasteiger partial charge in [0.25, 0.3) is 0 Å². The van der Waals surface area contributed by atoms with Crippen molar-refractivity contribution in [3.8, 4) is 0 Å². The minimum atomic E-state index is -4.40. The molecular formula is C19H24F3IN6S. The Bertz CT molecular complexity index is 982. The zero-order valence-corrected chi connectivity index (χ0v) is 19.8. The van der Waals surface area contributed by atoms with Crippen LogP contribution in [0.3, 0.4) is 0 Å². The molecule has 0 aliphatic rings. The number of aryl methyl sites for hydroxylation is 1. The minimum absolute atomic E-state index is 0. The van der Waals surface area contributed by atoms with Crippen molar-refractivity contribution in [3.63, 3.8) is 0 Å². The monoisotopic (exact) mass is 552 g/mol. The van der Waals surface area contributed by atoms with E-state index >= 15 is 0 Å². The van der Waals surface area contributed by atoms with Gasteiger partial charge in [-0.25, -0.2) is 9.97 Å². The van der Waals surface area contributed by atoms with E-state index in [1.54, 1.807) is 0 Å². The predicted octanol–water partition coefficient (Wildman–Crippen LogP) is 4.08. The van der Waals surface area contributed by atoms with Gasteiger partial charge in [0.2, 0.25) is 0 Å². The topological polar surface area (TPSA) is 66.6 Å². The number of rotatable bonds is 7. The summed E-state index contributed by atoms with van der Waals surface area (Å²) in [4.78, 5) is 12.7. The number of imidazole rings is 1. The van der Waals surface area contributed by atoms with Gasteiger partial charge in [-0.15, -0.1) is 35.3 Å². The Labute approximate surface area is 194 Å². The number of hydrogen-bond acceptors (Lipinski definition) is 4. The first-order valence-electron chi connectivity index (χ1n) is 9.34. The number of nitrogens with zero attached hydrogens (tertiary/aromatic N) is 4. The molecule has 0 spiro atoms. The van der Waals surface area contributed by atoms with Gasteiger partial charge in [0.15, 0.2) is 11.7 Å². The van der Waals surface area contributed by atoms with Gasteiger partial charge in [0.1, 0.15) is 5.65 Å². The summed E-state index contributed by atoms with van der Waals surface area (Å²) in [6.45, 7) is 5.67. The molecule has 0 saturated heterocycles. The van der Waals surface area contributed by atoms with Crippen molar-refractivity contribution >= 4 is 46.9 Å². The van der Waals surface area contributed by atoms with Gasteiger partial charge in [-0.2, -0.15) is 13.2 Å². The zero-order valence-electron chi connectivity index (χ0n) is 16.7. The van der Waals surface area contributed by atoms with Crippen molar-refractivity contribution in [2.24, 2.45) is 4.99 Å². The third-order valence-corrected chi connectivity index (χ3v) is 5.09. The van der Waals surface area contributed by atoms with Crippen LogP contribution in [0.1, 0.15) is 28.9 Å². The van der Waals surface area contributed by atoms with Crippen molar-refractivity contribution in [1.82, 2.24) is 25.0 Å². The van der Waals surface area contributed by atoms with Crippen molar-refractivity contribution in [1.29, 1.82) is 0 Å². The molecule has 0 saturated carbocycles. The normalized spacial score (nSPS) is 12.1. The van der Waals surface area contributed by atoms with Crippen LogP contribution in [0.4, 0.5) is 13.2 Å². The minimum Gasteiger partial charge on any atom is -0.357 e. The largest absolute Gasteiger partial charge is 0.434 e. The lowest BCUT2D eigenvalue weighted by molar-refractivity contribution is -0.140. The number of aromatic nitrogens is 3. The first kappa shape index (κ1) is 24.4. The van der Waals surface area contributed by atoms with Gasteiger partial charge in [-0.3, -0.25) is 4.99 Å². The molecule has 0 radical (unpaired) electrons. The number of aliphatic imine (C=N–C) groups is 1. The molecule has 2 N–H and O–H groups in total. The molecule has 0 aliphatic carbocycles. The molecule has 6 nitrogen and oxygen atoms in total. The lowest BCUT2D eigenvalue weighted by Crippen LogP contribution is -2.38. The van der Waals surface area contributed by atoms with E-state index in [4.69, 9.17) is 0 Å². The molecule has 30 heavy (non-hydrogen) atoms. The summed E-state index contributed by atoms with van der Waals surface area (Å²) in [5, 5.41) is 7.84. The molecular weight excluding hydrogens is 528 g/mol. The van der Waals surface area contributed by atoms with Crippen LogP contribution in [0.2, 0.25) is 0 Å². The molecule has 0 unspecified atom stereocenters. The molecule has 164 valence electrons. The van der Waals surface area contributed by atoms with E-state index in [1.807, 2.05) is 42.8 Å². The maximum Gasteiger partial charge on any atom is 0.434 e. The van der Waals surface area contributed by atoms with E-state index in [2.05, 4.69) is 25.6 Å². The molecule has 0 aromatic carbocycles. The van der Waals surface area contributed by atoms with E-state index in [0.29, 0.717) is 37.0 Å². The highest BCUT2D eigenvalue weighted by Crippen LogP contribution is 2.30. The van der Waals surface area contributed by atoms with Crippen LogP contribution >= 0.6 is 35.3 Å². The fourth-order valence-electron chi connectivity index (χ4n) is 2.79. The number of hydrogen-bond donors (Lipinski definition) is 2. The average Bonchev–Trinajstić information content (AvgIpc) is 3.29. The Balaban J connectivity index is 0.00000320. The highest BCUT2D eigenvalue weighted by Gasteiger charge is 2.33. The molecule has 0 fully saturated rings. The van der Waals surface area contributed by atoms with Crippen molar-refractivity contribution in [2.75, 3.05) is 19.6 Å². The number of pyridine rings is 1. The summed E-state index contributed by atoms with van der Waals surface area (Å²) in [7, 11) is 0. The molecule has 0 atom stereocenters. The second-order valence-electron chi connectivity index (χ2n) is 6.47. The molecule has 3 aromatic heterocycles. The second-order valence-corrected chi connectivity index (χ2v) is 7.41. The van der Waals surface area contributed by atoms with E-state index in [1.165, 1.54) is 0 Å². The van der Waals surface area contributed by atoms with Crippen molar-refractivity contribution < 1.29 is 13.2 Å². The first-order valence-corrected chi connectivity index (χ1v) is 10.2. The lowest BCUT2D eigenvalue weighted by Gasteiger charge is -2.10. The van der Waals surface area contributed by atoms with Gasteiger partial charge in [-0.05, 0) is 25.5 Å². The van der Waals surface area contributed by atoms with Crippen LogP contribution in [0.15, 0.2) is 34.9 Å². The predicted molar refractivity (Wildman–Crippen MR) is 124 cm³/mol. The maximum absolute atomic E-state index is 12.6. The Morgan fingerprint density at radius 3 is 2.70 bits per heavy atom. The molecule has 11 heteroatoms. The van der Waals surface area contributed by atoms with Gasteiger partial charge in [-0.1, -0.05) is 6.07 Å². The summed E-state index contributed by atoms with van der Waals surface area (Å²) in [6, 6.07) is 4.02. The third kappa shape index (κ3) is 6.56. The van der Waals surface area contributed by atoms with Crippen LogP contribution in [-0.4, -0.2) is 40.0 Å². The summed E-state index contributed by atoms with van der Waals surface area (Å²) in [5.41, 5.74) is 2.21. The van der Waals surface area contributed by atoms with Crippen molar-refractivity contribution in [2.45, 2.75) is 32.9 Å². The Morgan fingerprint density at radius 2 is 2.03 bits per heavy atom. The number of guanidine groups is 1. The molecule has 0 aliphatic heterocycles. The first-order chi connectivity index (χ1) is 13.9. The van der Waals surface area contributed by atoms with Gasteiger partial charge >= 0.3 is 6.18 Å². The third-order valence-electron chi connectivity index (χ3n) is 4.18. The quantitative estimate of drug-likeness (QED) is 0.264. The smallest absolute Gasteiger partial charge is 0.357 e. The zero-order chi connectivity index (χ0) is 20.9. The number of fused-ring (bicyclic) bond motifs is 1. The molecule has 0 amide bonds. The standard InChI is InChI=1S/C19H23F3N6S.HI/c1-3-23-18(25-9-7-16-27-15(12-29-16)19(20,21)22)24-8-6-14-11-28-10-4-5-13(2)17(28)26-14;/h4-5,10-12H,3,6-9H2,1-2H3,(H2,23,24,25);1H. The Morgan fingerprint density at radius 1 is 1.23 bits per heavy atom. The van der Waals surface area contributed by atoms with Crippen LogP contribution in [0.5, 0.6) is 0 Å². The highest BCUT2D eigenvalue weighted by atomic mass is 127. The van der Waals surface area contributed by atoms with Gasteiger partial charge in [0, 0.05) is 50.2 Å². The molecule has 3 rings (SSSR count). The summed E-state index contributed by atoms with van der Waals surface area (Å²) < 4.78 is 39.8. The number of nitrogens with one attached hydrogen (secondary N) is 2. The average molecular weight is 552 g/mol. The van der Waals surface area contributed by atoms with E-state index < -0.39 is 11.9 Å². The summed E-state index contributed by atoms with van der Waals surface area (Å²) in [6.07, 6.45) is 0.677. The van der Waals surface area contributed by atoms with Crippen LogP contribution in [0, 0.1) is 6.92 Å². The fraction of sp³-hybridized carbons (Fsp3) is 0.421. The number of halogens is 4. The highest BCUT2D eigenvalue weighted by molar-refractivity contribution is 14.0. The summed E-state index contributed by atoms with van der Waals surface area (Å²) >= 11 is 1.01. The fourth-order valence-corrected chi connectivity index (χ4v) is 3.59. The Hall–Kier alpha value is -1.89. The lowest BCUT2D eigenvalue weighted by atomic mass is 10.3. The van der Waals surface area contributed by atoms with E-state index in [-0.39, 0.29) is 24.0 Å². The SMILES string of the molecule is CCNC(=NCCc1nc(C(F)(F)F)cs1)NCCc1cn2cccc(C)c2n1.I. The molecule has 3 aromatic rings. The van der Waals surface area contributed by atoms with Crippen LogP contribution < -0.4 is 10.6 Å². The van der Waals surface area contributed by atoms with Gasteiger partial charge < -0.3 is 15.0 Å². The molecule has 0 bridgehead atoms. The van der Waals surface area contributed by atoms with E-state index in [9.17, 15) is 13.2 Å². The van der Waals surface area contributed by atoms with Crippen LogP contribution in [-0.2, 0) is 19.0 Å². The maximum atomic E-state index is 12.6.